The SMILES string of the molecule is CN(C)C1CN(c2nc(Cl)nc(NNC(=O)[C@H](CC3CCCC3)CN(C=O)OC3CCCCO3)c2F)CC12CC2. The van der Waals surface area contributed by atoms with Crippen molar-refractivity contribution in [2.45, 2.75) is 76.5 Å². The molecule has 11 nitrogen and oxygen atoms in total. The van der Waals surface area contributed by atoms with Gasteiger partial charge in [0.25, 0.3) is 0 Å². The third kappa shape index (κ3) is 6.78. The molecule has 2 saturated heterocycles. The van der Waals surface area contributed by atoms with Gasteiger partial charge in [-0.2, -0.15) is 14.4 Å². The summed E-state index contributed by atoms with van der Waals surface area (Å²) in [4.78, 5) is 43.3. The molecule has 40 heavy (non-hydrogen) atoms. The number of carbonyl (C=O) groups excluding carboxylic acids is 2. The molecule has 2 unspecified atom stereocenters. The van der Waals surface area contributed by atoms with Gasteiger partial charge in [0.05, 0.1) is 12.5 Å². The summed E-state index contributed by atoms with van der Waals surface area (Å²) in [7, 11) is 4.09. The topological polar surface area (TPSA) is 112 Å². The second kappa shape index (κ2) is 12.7. The molecule has 4 fully saturated rings. The Bertz CT molecular complexity index is 1050. The number of aromatic nitrogens is 2. The maximum Gasteiger partial charge on any atom is 0.243 e. The van der Waals surface area contributed by atoms with E-state index in [-0.39, 0.29) is 34.8 Å². The molecule has 5 rings (SSSR count). The second-order valence-corrected chi connectivity index (χ2v) is 12.3. The van der Waals surface area contributed by atoms with Gasteiger partial charge in [0, 0.05) is 37.6 Å². The summed E-state index contributed by atoms with van der Waals surface area (Å²) in [6.07, 6.45) is 9.80. The van der Waals surface area contributed by atoms with Crippen LogP contribution in [0.4, 0.5) is 16.0 Å². The molecule has 0 aromatic carbocycles. The van der Waals surface area contributed by atoms with Crippen molar-refractivity contribution in [3.05, 3.63) is 11.1 Å². The first-order valence-corrected chi connectivity index (χ1v) is 14.9. The van der Waals surface area contributed by atoms with Crippen LogP contribution in [0.5, 0.6) is 0 Å². The van der Waals surface area contributed by atoms with Crippen molar-refractivity contribution in [1.82, 2.24) is 25.4 Å². The number of hydrogen-bond donors (Lipinski definition) is 2. The number of hydrazine groups is 1. The third-order valence-corrected chi connectivity index (χ3v) is 9.07. The van der Waals surface area contributed by atoms with Gasteiger partial charge in [0.1, 0.15) is 0 Å². The number of hydroxylamine groups is 2. The fraction of sp³-hybridized carbons (Fsp3) is 0.778. The smallest absolute Gasteiger partial charge is 0.243 e. The van der Waals surface area contributed by atoms with Crippen LogP contribution >= 0.6 is 11.6 Å². The van der Waals surface area contributed by atoms with E-state index >= 15 is 4.39 Å². The first-order valence-electron chi connectivity index (χ1n) is 14.5. The molecule has 3 heterocycles. The Hall–Kier alpha value is -2.28. The van der Waals surface area contributed by atoms with Gasteiger partial charge in [-0.1, -0.05) is 25.7 Å². The lowest BCUT2D eigenvalue weighted by Crippen LogP contribution is -2.43. The summed E-state index contributed by atoms with van der Waals surface area (Å²) in [5, 5.41) is 1.04. The van der Waals surface area contributed by atoms with Crippen molar-refractivity contribution in [1.29, 1.82) is 0 Å². The molecule has 2 aliphatic carbocycles. The maximum atomic E-state index is 15.7. The summed E-state index contributed by atoms with van der Waals surface area (Å²) >= 11 is 6.20. The van der Waals surface area contributed by atoms with E-state index in [2.05, 4.69) is 25.7 Å². The van der Waals surface area contributed by atoms with Crippen molar-refractivity contribution < 1.29 is 23.6 Å². The van der Waals surface area contributed by atoms with E-state index in [0.717, 1.165) is 56.4 Å². The highest BCUT2D eigenvalue weighted by atomic mass is 35.5. The number of halogens is 2. The number of ether oxygens (including phenoxy) is 1. The minimum Gasteiger partial charge on any atom is -0.352 e. The third-order valence-electron chi connectivity index (χ3n) is 8.90. The Morgan fingerprint density at radius 1 is 1.25 bits per heavy atom. The highest BCUT2D eigenvalue weighted by molar-refractivity contribution is 6.28. The summed E-state index contributed by atoms with van der Waals surface area (Å²) in [5.74, 6) is -1.31. The van der Waals surface area contributed by atoms with Gasteiger partial charge >= 0.3 is 0 Å². The van der Waals surface area contributed by atoms with Crippen LogP contribution in [0.3, 0.4) is 0 Å². The van der Waals surface area contributed by atoms with Crippen molar-refractivity contribution >= 4 is 35.6 Å². The Morgan fingerprint density at radius 2 is 2.00 bits per heavy atom. The van der Waals surface area contributed by atoms with Crippen LogP contribution in [0.2, 0.25) is 5.28 Å². The number of nitrogens with one attached hydrogen (secondary N) is 2. The predicted octanol–water partition coefficient (Wildman–Crippen LogP) is 3.36. The van der Waals surface area contributed by atoms with Gasteiger partial charge in [0.15, 0.2) is 17.9 Å². The second-order valence-electron chi connectivity index (χ2n) is 12.0. The molecule has 0 bridgehead atoms. The van der Waals surface area contributed by atoms with Crippen molar-refractivity contribution in [2.75, 3.05) is 50.7 Å². The highest BCUT2D eigenvalue weighted by Crippen LogP contribution is 2.55. The first kappa shape index (κ1) is 29.2. The average molecular weight is 582 g/mol. The highest BCUT2D eigenvalue weighted by Gasteiger charge is 2.56. The standard InChI is InChI=1S/C27H41ClFN7O4/c1-34(2)20-15-35(16-27(20)10-11-27)24-22(29)23(30-26(28)31-24)32-33-25(38)19(13-18-7-3-4-8-18)14-36(17-37)40-21-9-5-6-12-39-21/h17-21H,3-16H2,1-2H3,(H,33,38)(H,30,31,32)/t19-,20?,21?/m1/s1. The minimum absolute atomic E-state index is 0.0629. The molecule has 2 amide bonds. The van der Waals surface area contributed by atoms with E-state index in [1.54, 1.807) is 0 Å². The molecule has 13 heteroatoms. The largest absolute Gasteiger partial charge is 0.352 e. The van der Waals surface area contributed by atoms with Crippen LogP contribution in [-0.4, -0.2) is 84.9 Å². The maximum absolute atomic E-state index is 15.7. The van der Waals surface area contributed by atoms with Crippen LogP contribution < -0.4 is 15.8 Å². The summed E-state index contributed by atoms with van der Waals surface area (Å²) in [5.41, 5.74) is 5.41. The molecular formula is C27H41ClFN7O4. The monoisotopic (exact) mass is 581 g/mol. The molecule has 1 spiro atoms. The van der Waals surface area contributed by atoms with Crippen molar-refractivity contribution in [3.8, 4) is 0 Å². The molecule has 1 aromatic heterocycles. The molecule has 0 radical (unpaired) electrons. The normalized spacial score (nSPS) is 24.9. The van der Waals surface area contributed by atoms with E-state index in [4.69, 9.17) is 21.2 Å². The summed E-state index contributed by atoms with van der Waals surface area (Å²) < 4.78 is 21.3. The minimum atomic E-state index is -0.667. The number of anilines is 2. The van der Waals surface area contributed by atoms with Crippen LogP contribution in [0, 0.1) is 23.1 Å². The van der Waals surface area contributed by atoms with Crippen molar-refractivity contribution in [2.24, 2.45) is 17.3 Å². The van der Waals surface area contributed by atoms with Crippen LogP contribution in [0.25, 0.3) is 0 Å². The fourth-order valence-electron chi connectivity index (χ4n) is 6.59. The fourth-order valence-corrected chi connectivity index (χ4v) is 6.75. The molecule has 1 aromatic rings. The average Bonchev–Trinajstić information content (AvgIpc) is 3.33. The Labute approximate surface area is 240 Å². The van der Waals surface area contributed by atoms with Gasteiger partial charge in [0.2, 0.25) is 23.4 Å². The van der Waals surface area contributed by atoms with Gasteiger partial charge in [-0.25, -0.2) is 9.90 Å². The number of likely N-dealkylation sites (N-methyl/N-ethyl adjacent to an activating group) is 1. The van der Waals surface area contributed by atoms with Crippen molar-refractivity contribution in [3.63, 3.8) is 0 Å². The lowest BCUT2D eigenvalue weighted by atomic mass is 9.92. The number of nitrogens with zero attached hydrogens (tertiary/aromatic N) is 5. The van der Waals surface area contributed by atoms with E-state index in [1.165, 1.54) is 0 Å². The van der Waals surface area contributed by atoms with Crippen LogP contribution in [-0.2, 0) is 19.2 Å². The zero-order valence-electron chi connectivity index (χ0n) is 23.4. The first-order chi connectivity index (χ1) is 19.3. The van der Waals surface area contributed by atoms with E-state index in [9.17, 15) is 9.59 Å². The molecule has 2 aliphatic heterocycles. The van der Waals surface area contributed by atoms with Gasteiger partial charge < -0.3 is 14.5 Å². The molecular weight excluding hydrogens is 541 g/mol. The summed E-state index contributed by atoms with van der Waals surface area (Å²) in [6.45, 7) is 1.98. The zero-order chi connectivity index (χ0) is 28.3. The number of hydrogen-bond acceptors (Lipinski definition) is 9. The Kier molecular flexibility index (Phi) is 9.28. The lowest BCUT2D eigenvalue weighted by Gasteiger charge is -2.30. The Balaban J connectivity index is 1.25. The van der Waals surface area contributed by atoms with E-state index < -0.39 is 18.0 Å². The van der Waals surface area contributed by atoms with E-state index in [1.807, 2.05) is 19.0 Å². The molecule has 3 atom stereocenters. The quantitative estimate of drug-likeness (QED) is 0.218. The van der Waals surface area contributed by atoms with Gasteiger partial charge in [-0.15, -0.1) is 0 Å². The molecule has 2 saturated carbocycles. The molecule has 4 aliphatic rings. The number of amides is 2. The lowest BCUT2D eigenvalue weighted by molar-refractivity contribution is -0.276. The van der Waals surface area contributed by atoms with Crippen LogP contribution in [0.1, 0.15) is 64.2 Å². The molecule has 2 N–H and O–H groups in total. The summed E-state index contributed by atoms with van der Waals surface area (Å²) in [6, 6.07) is 0.301. The number of carbonyl (C=O) groups is 2. The van der Waals surface area contributed by atoms with E-state index in [0.29, 0.717) is 50.9 Å². The predicted molar refractivity (Wildman–Crippen MR) is 148 cm³/mol. The molecule has 222 valence electrons. The zero-order valence-corrected chi connectivity index (χ0v) is 24.2. The van der Waals surface area contributed by atoms with Gasteiger partial charge in [-0.05, 0) is 63.7 Å². The Morgan fingerprint density at radius 3 is 2.62 bits per heavy atom. The van der Waals surface area contributed by atoms with Gasteiger partial charge in [-0.3, -0.25) is 20.4 Å². The number of rotatable bonds is 12. The van der Waals surface area contributed by atoms with Crippen LogP contribution in [0.15, 0.2) is 0 Å².